The van der Waals surface area contributed by atoms with Crippen LogP contribution in [0.3, 0.4) is 0 Å². The molecule has 0 bridgehead atoms. The van der Waals surface area contributed by atoms with Crippen molar-refractivity contribution in [2.75, 3.05) is 0 Å². The minimum Gasteiger partial charge on any atom is -0.287 e. The first-order chi connectivity index (χ1) is 17.8. The molecular formula is C33H22N2O. The molecule has 0 N–H and O–H groups in total. The molecule has 0 spiro atoms. The molecule has 36 heavy (non-hydrogen) atoms. The number of imidazole rings is 1. The molecule has 0 atom stereocenters. The molecule has 3 heteroatoms. The molecule has 6 aromatic rings. The molecule has 0 saturated heterocycles. The van der Waals surface area contributed by atoms with Crippen molar-refractivity contribution in [1.82, 2.24) is 9.13 Å². The Hall–Kier alpha value is -4.63. The van der Waals surface area contributed by atoms with Gasteiger partial charge in [0.25, 0.3) is 0 Å². The van der Waals surface area contributed by atoms with Crippen LogP contribution >= 0.6 is 0 Å². The molecule has 0 unspecified atom stereocenters. The third-order valence-corrected chi connectivity index (χ3v) is 7.82. The van der Waals surface area contributed by atoms with Crippen LogP contribution in [0.15, 0.2) is 114 Å². The lowest BCUT2D eigenvalue weighted by molar-refractivity contribution is 0.697. The van der Waals surface area contributed by atoms with Crippen molar-refractivity contribution in [3.8, 4) is 44.5 Å². The van der Waals surface area contributed by atoms with Crippen molar-refractivity contribution < 1.29 is 0 Å². The lowest BCUT2D eigenvalue weighted by Crippen LogP contribution is -2.27. The van der Waals surface area contributed by atoms with Gasteiger partial charge in [-0.05, 0) is 56.6 Å². The Morgan fingerprint density at radius 2 is 0.889 bits per heavy atom. The molecule has 3 nitrogen and oxygen atoms in total. The van der Waals surface area contributed by atoms with Gasteiger partial charge in [0.2, 0.25) is 0 Å². The van der Waals surface area contributed by atoms with Crippen molar-refractivity contribution in [2.24, 2.45) is 0 Å². The monoisotopic (exact) mass is 462 g/mol. The molecule has 2 aliphatic rings. The quantitative estimate of drug-likeness (QED) is 0.267. The van der Waals surface area contributed by atoms with E-state index in [9.17, 15) is 4.79 Å². The summed E-state index contributed by atoms with van der Waals surface area (Å²) in [5.74, 6) is 0. The second-order valence-electron chi connectivity index (χ2n) is 9.79. The van der Waals surface area contributed by atoms with E-state index >= 15 is 0 Å². The van der Waals surface area contributed by atoms with Gasteiger partial charge in [0, 0.05) is 11.1 Å². The zero-order valence-electron chi connectivity index (χ0n) is 19.6. The SMILES string of the molecule is O=c1n2c3c(ccc4c3n1Cc1ccc(-c3ccccc3)cc1-4)-c1cc(-c3ccccc3)ccc1C2. The van der Waals surface area contributed by atoms with E-state index in [1.165, 1.54) is 44.5 Å². The summed E-state index contributed by atoms with van der Waals surface area (Å²) in [6, 6.07) is 38.7. The molecule has 0 aliphatic carbocycles. The largest absolute Gasteiger partial charge is 0.329 e. The van der Waals surface area contributed by atoms with Crippen LogP contribution in [0, 0.1) is 0 Å². The number of benzene rings is 5. The van der Waals surface area contributed by atoms with E-state index in [1.54, 1.807) is 0 Å². The van der Waals surface area contributed by atoms with Gasteiger partial charge in [-0.1, -0.05) is 97.1 Å². The molecule has 5 aromatic carbocycles. The van der Waals surface area contributed by atoms with Crippen LogP contribution in [0.2, 0.25) is 0 Å². The van der Waals surface area contributed by atoms with Gasteiger partial charge in [-0.2, -0.15) is 0 Å². The van der Waals surface area contributed by atoms with Crippen molar-refractivity contribution in [1.29, 1.82) is 0 Å². The van der Waals surface area contributed by atoms with E-state index < -0.39 is 0 Å². The first-order valence-corrected chi connectivity index (χ1v) is 12.4. The predicted molar refractivity (Wildman–Crippen MR) is 146 cm³/mol. The molecule has 3 heterocycles. The molecule has 1 aromatic heterocycles. The smallest absolute Gasteiger partial charge is 0.287 e. The van der Waals surface area contributed by atoms with E-state index in [4.69, 9.17) is 0 Å². The maximum Gasteiger partial charge on any atom is 0.329 e. The molecule has 8 rings (SSSR count). The Labute approximate surface area is 208 Å². The summed E-state index contributed by atoms with van der Waals surface area (Å²) in [5, 5.41) is 0. The van der Waals surface area contributed by atoms with Gasteiger partial charge in [-0.3, -0.25) is 9.13 Å². The Bertz CT molecular complexity index is 1760. The fraction of sp³-hybridized carbons (Fsp3) is 0.0606. The van der Waals surface area contributed by atoms with Crippen LogP contribution in [-0.4, -0.2) is 9.13 Å². The third-order valence-electron chi connectivity index (χ3n) is 7.82. The highest BCUT2D eigenvalue weighted by Gasteiger charge is 2.29. The number of hydrogen-bond acceptors (Lipinski definition) is 1. The van der Waals surface area contributed by atoms with Crippen LogP contribution in [0.5, 0.6) is 0 Å². The van der Waals surface area contributed by atoms with Crippen LogP contribution in [0.1, 0.15) is 11.1 Å². The standard InChI is InChI=1S/C33H22N2O/c36-33-34-19-25-13-11-23(21-7-3-1-4-8-21)17-29(25)27-15-16-28-30-18-24(22-9-5-2-6-10-22)12-14-26(30)20-35(33)32(28)31(27)34/h1-18H,19-20H2. The van der Waals surface area contributed by atoms with Gasteiger partial charge < -0.3 is 0 Å². The van der Waals surface area contributed by atoms with E-state index in [0.29, 0.717) is 13.1 Å². The number of aromatic nitrogens is 2. The molecule has 0 radical (unpaired) electrons. The summed E-state index contributed by atoms with van der Waals surface area (Å²) in [5.41, 5.74) is 14.1. The number of nitrogens with zero attached hydrogens (tertiary/aromatic N) is 2. The van der Waals surface area contributed by atoms with E-state index in [-0.39, 0.29) is 5.69 Å². The molecule has 0 saturated carbocycles. The molecule has 2 aliphatic heterocycles. The first-order valence-electron chi connectivity index (χ1n) is 12.4. The van der Waals surface area contributed by atoms with Gasteiger partial charge in [0.1, 0.15) is 0 Å². The lowest BCUT2D eigenvalue weighted by atomic mass is 9.87. The van der Waals surface area contributed by atoms with Gasteiger partial charge in [-0.15, -0.1) is 0 Å². The van der Waals surface area contributed by atoms with E-state index in [0.717, 1.165) is 22.2 Å². The highest BCUT2D eigenvalue weighted by molar-refractivity contribution is 6.05. The van der Waals surface area contributed by atoms with E-state index in [1.807, 2.05) is 21.3 Å². The summed E-state index contributed by atoms with van der Waals surface area (Å²) >= 11 is 0. The maximum absolute atomic E-state index is 13.6. The van der Waals surface area contributed by atoms with Crippen molar-refractivity contribution in [3.05, 3.63) is 131 Å². The fourth-order valence-electron chi connectivity index (χ4n) is 6.08. The zero-order chi connectivity index (χ0) is 23.8. The first kappa shape index (κ1) is 19.7. The highest BCUT2D eigenvalue weighted by atomic mass is 16.1. The average Bonchev–Trinajstić information content (AvgIpc) is 3.23. The molecule has 170 valence electrons. The zero-order valence-corrected chi connectivity index (χ0v) is 19.6. The molecule has 0 fully saturated rings. The van der Waals surface area contributed by atoms with Crippen molar-refractivity contribution in [3.63, 3.8) is 0 Å². The average molecular weight is 463 g/mol. The Morgan fingerprint density at radius 1 is 0.444 bits per heavy atom. The topological polar surface area (TPSA) is 26.9 Å². The second kappa shape index (κ2) is 7.19. The molecular weight excluding hydrogens is 440 g/mol. The predicted octanol–water partition coefficient (Wildman–Crippen LogP) is 7.19. The van der Waals surface area contributed by atoms with Crippen LogP contribution in [0.25, 0.3) is 55.5 Å². The summed E-state index contributed by atoms with van der Waals surface area (Å²) in [7, 11) is 0. The van der Waals surface area contributed by atoms with Gasteiger partial charge in [0.15, 0.2) is 0 Å². The summed E-state index contributed by atoms with van der Waals surface area (Å²) in [6.07, 6.45) is 0. The van der Waals surface area contributed by atoms with Gasteiger partial charge in [0.05, 0.1) is 24.1 Å². The molecule has 0 amide bonds. The van der Waals surface area contributed by atoms with Crippen LogP contribution < -0.4 is 5.69 Å². The number of hydrogen-bond donors (Lipinski definition) is 0. The maximum atomic E-state index is 13.6. The van der Waals surface area contributed by atoms with Crippen LogP contribution in [0.4, 0.5) is 0 Å². The van der Waals surface area contributed by atoms with Crippen molar-refractivity contribution >= 4 is 11.0 Å². The Morgan fingerprint density at radius 3 is 1.33 bits per heavy atom. The lowest BCUT2D eigenvalue weighted by Gasteiger charge is -2.23. The minimum absolute atomic E-state index is 0.0780. The van der Waals surface area contributed by atoms with Crippen molar-refractivity contribution in [2.45, 2.75) is 13.1 Å². The minimum atomic E-state index is 0.0780. The Kier molecular flexibility index (Phi) is 3.92. The van der Waals surface area contributed by atoms with E-state index in [2.05, 4.69) is 97.1 Å². The fourth-order valence-corrected chi connectivity index (χ4v) is 6.08. The van der Waals surface area contributed by atoms with Gasteiger partial charge in [-0.25, -0.2) is 4.79 Å². The normalized spacial score (nSPS) is 12.9. The number of rotatable bonds is 2. The summed E-state index contributed by atoms with van der Waals surface area (Å²) < 4.78 is 3.95. The Balaban J connectivity index is 1.36. The van der Waals surface area contributed by atoms with Crippen LogP contribution in [-0.2, 0) is 13.1 Å². The highest BCUT2D eigenvalue weighted by Crippen LogP contribution is 2.44. The number of fused-ring (bicyclic) bond motifs is 4. The second-order valence-corrected chi connectivity index (χ2v) is 9.79. The summed E-state index contributed by atoms with van der Waals surface area (Å²) in [4.78, 5) is 13.6. The third kappa shape index (κ3) is 2.65. The summed E-state index contributed by atoms with van der Waals surface area (Å²) in [6.45, 7) is 1.21. The van der Waals surface area contributed by atoms with Gasteiger partial charge >= 0.3 is 5.69 Å².